The van der Waals surface area contributed by atoms with Gasteiger partial charge in [0.15, 0.2) is 0 Å². The number of benzene rings is 2. The van der Waals surface area contributed by atoms with Gasteiger partial charge in [-0.05, 0) is 23.3 Å². The van der Waals surface area contributed by atoms with E-state index in [1.165, 1.54) is 11.4 Å². The van der Waals surface area contributed by atoms with Crippen LogP contribution < -0.4 is 0 Å². The lowest BCUT2D eigenvalue weighted by Crippen LogP contribution is -1.94. The topological polar surface area (TPSA) is 43.1 Å². The first kappa shape index (κ1) is 12.7. The summed E-state index contributed by atoms with van der Waals surface area (Å²) < 4.78 is 0. The molecule has 0 amide bonds. The van der Waals surface area contributed by atoms with E-state index in [1.807, 2.05) is 18.2 Å². The molecule has 0 aliphatic carbocycles. The minimum atomic E-state index is -0.443. The van der Waals surface area contributed by atoms with Crippen molar-refractivity contribution in [1.82, 2.24) is 0 Å². The maximum absolute atomic E-state index is 11.1. The maximum Gasteiger partial charge on any atom is 0.278 e. The van der Waals surface area contributed by atoms with E-state index in [1.54, 1.807) is 18.2 Å². The van der Waals surface area contributed by atoms with Crippen LogP contribution >= 0.6 is 23.8 Å². The van der Waals surface area contributed by atoms with Gasteiger partial charge in [0.05, 0.1) is 10.5 Å². The fourth-order valence-electron chi connectivity index (χ4n) is 1.73. The summed E-state index contributed by atoms with van der Waals surface area (Å²) >= 11 is 10.7. The molecule has 0 unspecified atom stereocenters. The van der Waals surface area contributed by atoms with Crippen LogP contribution in [-0.2, 0) is 0 Å². The van der Waals surface area contributed by atoms with Crippen LogP contribution in [0.5, 0.6) is 0 Å². The van der Waals surface area contributed by atoms with Crippen LogP contribution in [0.15, 0.2) is 42.5 Å². The largest absolute Gasteiger partial charge is 0.278 e. The molecule has 0 saturated heterocycles. The highest BCUT2D eigenvalue weighted by Crippen LogP contribution is 2.33. The number of nitrogens with zero attached hydrogens (tertiary/aromatic N) is 1. The molecule has 90 valence electrons. The fraction of sp³-hybridized carbons (Fsp3) is 0. The third-order valence-corrected chi connectivity index (χ3v) is 3.02. The van der Waals surface area contributed by atoms with Gasteiger partial charge < -0.3 is 0 Å². The summed E-state index contributed by atoms with van der Waals surface area (Å²) in [6, 6.07) is 11.9. The molecule has 5 heteroatoms. The molecule has 0 aliphatic heterocycles. The Hall–Kier alpha value is -1.78. The molecule has 0 spiro atoms. The molecule has 0 atom stereocenters. The number of nitro groups is 1. The molecule has 2 aromatic carbocycles. The average molecular weight is 278 g/mol. The Labute approximate surface area is 114 Å². The van der Waals surface area contributed by atoms with Crippen LogP contribution in [0.3, 0.4) is 0 Å². The van der Waals surface area contributed by atoms with Crippen molar-refractivity contribution in [1.29, 1.82) is 0 Å². The lowest BCUT2D eigenvalue weighted by molar-refractivity contribution is -0.384. The molecule has 2 aromatic rings. The highest BCUT2D eigenvalue weighted by atomic mass is 35.5. The van der Waals surface area contributed by atoms with Crippen molar-refractivity contribution in [3.8, 4) is 11.1 Å². The predicted molar refractivity (Wildman–Crippen MR) is 76.3 cm³/mol. The summed E-state index contributed by atoms with van der Waals surface area (Å²) in [7, 11) is 0. The third-order valence-electron chi connectivity index (χ3n) is 2.53. The Bertz CT molecular complexity index is 628. The molecule has 2 rings (SSSR count). The number of halogens is 1. The molecule has 3 nitrogen and oxygen atoms in total. The number of hydrogen-bond acceptors (Lipinski definition) is 3. The van der Waals surface area contributed by atoms with Crippen molar-refractivity contribution in [2.45, 2.75) is 0 Å². The van der Waals surface area contributed by atoms with Crippen LogP contribution in [0.1, 0.15) is 5.56 Å². The highest BCUT2D eigenvalue weighted by molar-refractivity contribution is 7.79. The van der Waals surface area contributed by atoms with Gasteiger partial charge in [-0.25, -0.2) is 0 Å². The van der Waals surface area contributed by atoms with E-state index in [4.69, 9.17) is 23.8 Å². The van der Waals surface area contributed by atoms with Gasteiger partial charge in [-0.1, -0.05) is 48.1 Å². The van der Waals surface area contributed by atoms with Crippen molar-refractivity contribution >= 4 is 34.9 Å². The van der Waals surface area contributed by atoms with Crippen LogP contribution in [0.4, 0.5) is 5.69 Å². The summed E-state index contributed by atoms with van der Waals surface area (Å²) in [5, 5.41) is 12.9. The molecule has 0 N–H and O–H groups in total. The minimum Gasteiger partial charge on any atom is -0.258 e. The molecule has 0 fully saturated rings. The van der Waals surface area contributed by atoms with Crippen LogP contribution in [0, 0.1) is 10.1 Å². The maximum atomic E-state index is 11.1. The highest BCUT2D eigenvalue weighted by Gasteiger charge is 2.17. The fourth-order valence-corrected chi connectivity index (χ4v) is 2.10. The monoisotopic (exact) mass is 277 g/mol. The summed E-state index contributed by atoms with van der Waals surface area (Å²) in [5.41, 5.74) is 2.00. The number of nitro benzene ring substituents is 1. The van der Waals surface area contributed by atoms with E-state index in [0.717, 1.165) is 11.1 Å². The molecule has 0 aliphatic rings. The normalized spacial score (nSPS) is 10.1. The molecular weight excluding hydrogens is 270 g/mol. The van der Waals surface area contributed by atoms with E-state index in [9.17, 15) is 10.1 Å². The molecule has 0 bridgehead atoms. The van der Waals surface area contributed by atoms with Gasteiger partial charge in [-0.15, -0.1) is 0 Å². The first-order valence-corrected chi connectivity index (χ1v) is 5.97. The minimum absolute atomic E-state index is 0.0215. The molecule has 0 saturated carbocycles. The molecule has 0 radical (unpaired) electrons. The Morgan fingerprint density at radius 2 is 1.89 bits per heavy atom. The van der Waals surface area contributed by atoms with Gasteiger partial charge in [-0.3, -0.25) is 10.1 Å². The Morgan fingerprint density at radius 1 is 1.17 bits per heavy atom. The summed E-state index contributed by atoms with van der Waals surface area (Å²) in [5.74, 6) is 0. The zero-order chi connectivity index (χ0) is 13.1. The van der Waals surface area contributed by atoms with E-state index in [0.29, 0.717) is 10.6 Å². The lowest BCUT2D eigenvalue weighted by atomic mass is 9.99. The van der Waals surface area contributed by atoms with Crippen LogP contribution in [-0.4, -0.2) is 10.3 Å². The van der Waals surface area contributed by atoms with Gasteiger partial charge in [0.25, 0.3) is 5.69 Å². The van der Waals surface area contributed by atoms with Gasteiger partial charge in [0.2, 0.25) is 0 Å². The lowest BCUT2D eigenvalue weighted by Gasteiger charge is -2.06. The Kier molecular flexibility index (Phi) is 3.69. The second kappa shape index (κ2) is 5.25. The van der Waals surface area contributed by atoms with Crippen molar-refractivity contribution < 1.29 is 4.92 Å². The summed E-state index contributed by atoms with van der Waals surface area (Å²) in [6.45, 7) is 0. The van der Waals surface area contributed by atoms with Crippen LogP contribution in [0.2, 0.25) is 5.02 Å². The van der Waals surface area contributed by atoms with E-state index in [-0.39, 0.29) is 5.69 Å². The van der Waals surface area contributed by atoms with Gasteiger partial charge >= 0.3 is 0 Å². The zero-order valence-electron chi connectivity index (χ0n) is 9.17. The van der Waals surface area contributed by atoms with E-state index >= 15 is 0 Å². The van der Waals surface area contributed by atoms with E-state index in [2.05, 4.69) is 0 Å². The summed E-state index contributed by atoms with van der Waals surface area (Å²) in [4.78, 5) is 10.6. The average Bonchev–Trinajstić information content (AvgIpc) is 2.38. The molecular formula is C13H8ClNO2S. The Balaban J connectivity index is 2.71. The van der Waals surface area contributed by atoms with Gasteiger partial charge in [-0.2, -0.15) is 0 Å². The quantitative estimate of drug-likeness (QED) is 0.478. The van der Waals surface area contributed by atoms with Crippen molar-refractivity contribution in [3.63, 3.8) is 0 Å². The second-order valence-electron chi connectivity index (χ2n) is 3.62. The Morgan fingerprint density at radius 3 is 2.56 bits per heavy atom. The molecule has 0 aromatic heterocycles. The standard InChI is InChI=1S/C13H8ClNO2S/c14-10-5-6-12(13(7-10)15(16)17)11-4-2-1-3-9(11)8-18/h1-8H. The first-order valence-electron chi connectivity index (χ1n) is 5.12. The number of rotatable bonds is 3. The smallest absolute Gasteiger partial charge is 0.258 e. The zero-order valence-corrected chi connectivity index (χ0v) is 10.7. The number of hydrogen-bond donors (Lipinski definition) is 0. The molecule has 0 heterocycles. The second-order valence-corrected chi connectivity index (χ2v) is 4.30. The number of thiocarbonyl (C=S) groups is 1. The third kappa shape index (κ3) is 2.39. The molecule has 18 heavy (non-hydrogen) atoms. The van der Waals surface area contributed by atoms with Crippen molar-refractivity contribution in [2.75, 3.05) is 0 Å². The van der Waals surface area contributed by atoms with Gasteiger partial charge in [0.1, 0.15) is 0 Å². The SMILES string of the molecule is O=[N+]([O-])c1cc(Cl)ccc1-c1ccccc1C=S. The predicted octanol–water partition coefficient (Wildman–Crippen LogP) is 4.26. The van der Waals surface area contributed by atoms with Gasteiger partial charge in [0, 0.05) is 16.5 Å². The summed E-state index contributed by atoms with van der Waals surface area (Å²) in [6.07, 6.45) is 0. The van der Waals surface area contributed by atoms with Crippen molar-refractivity contribution in [3.05, 3.63) is 63.2 Å². The van der Waals surface area contributed by atoms with E-state index < -0.39 is 4.92 Å². The van der Waals surface area contributed by atoms with Crippen molar-refractivity contribution in [2.24, 2.45) is 0 Å². The van der Waals surface area contributed by atoms with Crippen LogP contribution in [0.25, 0.3) is 11.1 Å². The first-order chi connectivity index (χ1) is 8.63.